The molecule has 0 aromatic heterocycles. The van der Waals surface area contributed by atoms with Crippen molar-refractivity contribution in [1.82, 2.24) is 5.32 Å². The Kier molecular flexibility index (Phi) is 4.77. The van der Waals surface area contributed by atoms with Crippen molar-refractivity contribution in [3.8, 4) is 0 Å². The summed E-state index contributed by atoms with van der Waals surface area (Å²) in [6.45, 7) is 5.89. The molecule has 0 saturated carbocycles. The fourth-order valence-corrected chi connectivity index (χ4v) is 1.72. The number of carbonyl (C=O) groups is 1. The Hall–Kier alpha value is -1.50. The van der Waals surface area contributed by atoms with Crippen molar-refractivity contribution in [2.45, 2.75) is 51.4 Å². The molecule has 0 aliphatic carbocycles. The molecule has 0 unspecified atom stereocenters. The molecule has 1 saturated heterocycles. The van der Waals surface area contributed by atoms with Gasteiger partial charge in [-0.3, -0.25) is 0 Å². The zero-order valence-electron chi connectivity index (χ0n) is 11.0. The summed E-state index contributed by atoms with van der Waals surface area (Å²) >= 11 is 0. The number of alkyl carbamates (subject to hydrolysis) is 1. The Morgan fingerprint density at radius 1 is 1.61 bits per heavy atom. The summed E-state index contributed by atoms with van der Waals surface area (Å²) in [6.07, 6.45) is 0.732. The average Bonchev–Trinajstić information content (AvgIpc) is 2.75. The molecule has 7 heteroatoms. The highest BCUT2D eigenvalue weighted by Crippen LogP contribution is 2.16. The first kappa shape index (κ1) is 14.6. The lowest BCUT2D eigenvalue weighted by Gasteiger charge is -2.25. The van der Waals surface area contributed by atoms with Crippen LogP contribution in [0.5, 0.6) is 0 Å². The van der Waals surface area contributed by atoms with Gasteiger partial charge in [-0.15, -0.1) is 0 Å². The molecule has 1 rings (SSSR count). The van der Waals surface area contributed by atoms with Crippen LogP contribution >= 0.6 is 0 Å². The number of rotatable bonds is 3. The van der Waals surface area contributed by atoms with Gasteiger partial charge in [-0.2, -0.15) is 0 Å². The second kappa shape index (κ2) is 5.90. The number of amidine groups is 1. The van der Waals surface area contributed by atoms with E-state index in [-0.39, 0.29) is 11.9 Å². The van der Waals surface area contributed by atoms with Crippen LogP contribution in [0.1, 0.15) is 33.6 Å². The maximum Gasteiger partial charge on any atom is 0.408 e. The lowest BCUT2D eigenvalue weighted by atomic mass is 10.1. The molecule has 104 valence electrons. The van der Waals surface area contributed by atoms with Crippen LogP contribution in [0.3, 0.4) is 0 Å². The molecule has 1 heterocycles. The number of hydrogen-bond acceptors (Lipinski definition) is 5. The molecule has 0 aromatic carbocycles. The number of nitrogens with one attached hydrogen (secondary N) is 1. The molecule has 1 amide bonds. The van der Waals surface area contributed by atoms with Crippen molar-refractivity contribution in [2.24, 2.45) is 10.9 Å². The monoisotopic (exact) mass is 259 g/mol. The van der Waals surface area contributed by atoms with Gasteiger partial charge in [0.25, 0.3) is 0 Å². The smallest absolute Gasteiger partial charge is 0.408 e. The minimum Gasteiger partial charge on any atom is -0.444 e. The lowest BCUT2D eigenvalue weighted by Crippen LogP contribution is -2.52. The Bertz CT molecular complexity index is 319. The summed E-state index contributed by atoms with van der Waals surface area (Å²) in [7, 11) is 0. The zero-order valence-corrected chi connectivity index (χ0v) is 11.0. The van der Waals surface area contributed by atoms with E-state index in [0.29, 0.717) is 6.61 Å². The van der Waals surface area contributed by atoms with E-state index in [0.717, 1.165) is 12.8 Å². The van der Waals surface area contributed by atoms with Crippen LogP contribution in [0, 0.1) is 0 Å². The van der Waals surface area contributed by atoms with Crippen molar-refractivity contribution in [2.75, 3.05) is 6.61 Å². The van der Waals surface area contributed by atoms with Crippen molar-refractivity contribution < 1.29 is 19.5 Å². The second-order valence-electron chi connectivity index (χ2n) is 5.20. The van der Waals surface area contributed by atoms with Crippen LogP contribution in [0.15, 0.2) is 5.16 Å². The molecule has 1 aliphatic rings. The predicted molar refractivity (Wildman–Crippen MR) is 65.5 cm³/mol. The Labute approximate surface area is 106 Å². The van der Waals surface area contributed by atoms with E-state index in [4.69, 9.17) is 20.4 Å². The number of hydrogen-bond donors (Lipinski definition) is 3. The summed E-state index contributed by atoms with van der Waals surface area (Å²) in [5.41, 5.74) is 4.96. The van der Waals surface area contributed by atoms with Gasteiger partial charge in [0.05, 0.1) is 6.10 Å². The number of nitrogens with zero attached hydrogens (tertiary/aromatic N) is 1. The average molecular weight is 259 g/mol. The van der Waals surface area contributed by atoms with E-state index in [1.165, 1.54) is 0 Å². The lowest BCUT2D eigenvalue weighted by molar-refractivity contribution is 0.0427. The molecular weight excluding hydrogens is 238 g/mol. The van der Waals surface area contributed by atoms with Crippen molar-refractivity contribution in [1.29, 1.82) is 0 Å². The van der Waals surface area contributed by atoms with Crippen molar-refractivity contribution in [3.05, 3.63) is 0 Å². The summed E-state index contributed by atoms with van der Waals surface area (Å²) in [6, 6.07) is -0.674. The number of oxime groups is 1. The quantitative estimate of drug-likeness (QED) is 0.301. The molecule has 1 aliphatic heterocycles. The number of amides is 1. The van der Waals surface area contributed by atoms with Crippen LogP contribution in [-0.2, 0) is 9.47 Å². The first-order valence-electron chi connectivity index (χ1n) is 5.92. The Morgan fingerprint density at radius 3 is 2.72 bits per heavy atom. The predicted octanol–water partition coefficient (Wildman–Crippen LogP) is 0.805. The minimum absolute atomic E-state index is 0.0900. The second-order valence-corrected chi connectivity index (χ2v) is 5.20. The number of ether oxygens (including phenoxy) is 2. The van der Waals surface area contributed by atoms with E-state index < -0.39 is 17.7 Å². The maximum atomic E-state index is 11.7. The van der Waals surface area contributed by atoms with Crippen molar-refractivity contribution in [3.63, 3.8) is 0 Å². The normalized spacial score (nSPS) is 22.6. The van der Waals surface area contributed by atoms with E-state index in [1.807, 2.05) is 0 Å². The summed E-state index contributed by atoms with van der Waals surface area (Å²) in [4.78, 5) is 11.7. The number of nitrogens with two attached hydrogens (primary N) is 1. The highest BCUT2D eigenvalue weighted by atomic mass is 16.6. The molecule has 0 bridgehead atoms. The first-order chi connectivity index (χ1) is 8.33. The summed E-state index contributed by atoms with van der Waals surface area (Å²) < 4.78 is 10.6. The van der Waals surface area contributed by atoms with Crippen molar-refractivity contribution >= 4 is 11.9 Å². The number of carbonyl (C=O) groups excluding carboxylic acids is 1. The van der Waals surface area contributed by atoms with Gasteiger partial charge in [0.15, 0.2) is 5.84 Å². The minimum atomic E-state index is -0.674. The molecule has 7 nitrogen and oxygen atoms in total. The SMILES string of the molecule is CC(C)(C)OC(=O)N[C@@H](/C(N)=N\O)[C@H]1CCCO1. The van der Waals surface area contributed by atoms with E-state index >= 15 is 0 Å². The molecule has 4 N–H and O–H groups in total. The van der Waals surface area contributed by atoms with E-state index in [2.05, 4.69) is 10.5 Å². The molecular formula is C11H21N3O4. The van der Waals surface area contributed by atoms with Crippen LogP contribution in [0.2, 0.25) is 0 Å². The van der Waals surface area contributed by atoms with Crippen LogP contribution in [0.4, 0.5) is 4.79 Å². The molecule has 1 fully saturated rings. The van der Waals surface area contributed by atoms with Gasteiger partial charge in [-0.05, 0) is 33.6 Å². The van der Waals surface area contributed by atoms with Crippen LogP contribution < -0.4 is 11.1 Å². The van der Waals surface area contributed by atoms with E-state index in [9.17, 15) is 4.79 Å². The Morgan fingerprint density at radius 2 is 2.28 bits per heavy atom. The summed E-state index contributed by atoms with van der Waals surface area (Å²) in [5.74, 6) is -0.0900. The fraction of sp³-hybridized carbons (Fsp3) is 0.818. The van der Waals surface area contributed by atoms with Gasteiger partial charge >= 0.3 is 6.09 Å². The summed E-state index contributed by atoms with van der Waals surface area (Å²) in [5, 5.41) is 14.2. The first-order valence-corrected chi connectivity index (χ1v) is 5.92. The zero-order chi connectivity index (χ0) is 13.8. The van der Waals surface area contributed by atoms with Crippen LogP contribution in [0.25, 0.3) is 0 Å². The molecule has 0 radical (unpaired) electrons. The Balaban J connectivity index is 2.64. The van der Waals surface area contributed by atoms with Gasteiger partial charge < -0.3 is 25.7 Å². The molecule has 0 spiro atoms. The molecule has 0 aromatic rings. The third-order valence-corrected chi connectivity index (χ3v) is 2.44. The maximum absolute atomic E-state index is 11.7. The van der Waals surface area contributed by atoms with Gasteiger partial charge in [0, 0.05) is 6.61 Å². The van der Waals surface area contributed by atoms with Crippen LogP contribution in [-0.4, -0.2) is 41.5 Å². The fourth-order valence-electron chi connectivity index (χ4n) is 1.72. The molecule has 2 atom stereocenters. The van der Waals surface area contributed by atoms with Gasteiger partial charge in [-0.1, -0.05) is 5.16 Å². The third kappa shape index (κ3) is 4.40. The van der Waals surface area contributed by atoms with Gasteiger partial charge in [-0.25, -0.2) is 4.79 Å². The highest BCUT2D eigenvalue weighted by molar-refractivity contribution is 5.89. The highest BCUT2D eigenvalue weighted by Gasteiger charge is 2.32. The van der Waals surface area contributed by atoms with Gasteiger partial charge in [0.2, 0.25) is 0 Å². The molecule has 18 heavy (non-hydrogen) atoms. The third-order valence-electron chi connectivity index (χ3n) is 2.44. The van der Waals surface area contributed by atoms with E-state index in [1.54, 1.807) is 20.8 Å². The largest absolute Gasteiger partial charge is 0.444 e. The standard InChI is InChI=1S/C11H21N3O4/c1-11(2,3)18-10(15)13-8(9(12)14-16)7-5-4-6-17-7/h7-8,16H,4-6H2,1-3H3,(H2,12,14)(H,13,15)/t7-,8-/m1/s1. The topological polar surface area (TPSA) is 106 Å². The van der Waals surface area contributed by atoms with Gasteiger partial charge in [0.1, 0.15) is 11.6 Å².